The fourth-order valence-corrected chi connectivity index (χ4v) is 1.35. The SMILES string of the molecule is c1cc2ccc3cc3c2n1. The van der Waals surface area contributed by atoms with Gasteiger partial charge in [0.2, 0.25) is 0 Å². The van der Waals surface area contributed by atoms with Gasteiger partial charge in [-0.1, -0.05) is 12.1 Å². The first-order valence-corrected chi connectivity index (χ1v) is 3.34. The van der Waals surface area contributed by atoms with Gasteiger partial charge in [0.15, 0.2) is 0 Å². The van der Waals surface area contributed by atoms with Gasteiger partial charge in [0, 0.05) is 17.0 Å². The second kappa shape index (κ2) is 1.21. The highest BCUT2D eigenvalue weighted by Crippen LogP contribution is 2.31. The third-order valence-electron chi connectivity index (χ3n) is 1.96. The minimum absolute atomic E-state index is 1.16. The molecular weight excluding hydrogens is 122 g/mol. The zero-order chi connectivity index (χ0) is 6.55. The van der Waals surface area contributed by atoms with Crippen LogP contribution in [0.15, 0.2) is 30.5 Å². The molecule has 0 spiro atoms. The van der Waals surface area contributed by atoms with Crippen LogP contribution in [0.1, 0.15) is 0 Å². The largest absolute Gasteiger partial charge is 0.256 e. The molecule has 1 heteroatoms. The molecule has 0 aliphatic rings. The summed E-state index contributed by atoms with van der Waals surface area (Å²) >= 11 is 0. The molecule has 0 saturated carbocycles. The molecule has 0 saturated heterocycles. The molecule has 46 valence electrons. The highest BCUT2D eigenvalue weighted by molar-refractivity contribution is 6.14. The van der Waals surface area contributed by atoms with Gasteiger partial charge < -0.3 is 0 Å². The van der Waals surface area contributed by atoms with Crippen LogP contribution in [0.25, 0.3) is 21.7 Å². The predicted octanol–water partition coefficient (Wildman–Crippen LogP) is 2.26. The van der Waals surface area contributed by atoms with Gasteiger partial charge in [-0.05, 0) is 17.5 Å². The van der Waals surface area contributed by atoms with Crippen LogP contribution in [0.4, 0.5) is 0 Å². The molecule has 0 fully saturated rings. The third-order valence-corrected chi connectivity index (χ3v) is 1.96. The monoisotopic (exact) mass is 127 g/mol. The molecule has 0 aliphatic carbocycles. The van der Waals surface area contributed by atoms with Crippen LogP contribution in [0.3, 0.4) is 0 Å². The molecule has 0 atom stereocenters. The Balaban J connectivity index is 2.74. The van der Waals surface area contributed by atoms with Crippen molar-refractivity contribution in [3.8, 4) is 0 Å². The summed E-state index contributed by atoms with van der Waals surface area (Å²) in [5, 5.41) is 3.95. The molecule has 0 unspecified atom stereocenters. The molecule has 1 aromatic heterocycles. The molecule has 1 heterocycles. The number of nitrogens with zero attached hydrogens (tertiary/aromatic N) is 1. The van der Waals surface area contributed by atoms with Gasteiger partial charge in [0.05, 0.1) is 5.52 Å². The summed E-state index contributed by atoms with van der Waals surface area (Å²) in [4.78, 5) is 4.24. The van der Waals surface area contributed by atoms with Gasteiger partial charge in [-0.2, -0.15) is 0 Å². The van der Waals surface area contributed by atoms with Crippen LogP contribution in [-0.2, 0) is 0 Å². The molecule has 1 nitrogen and oxygen atoms in total. The Kier molecular flexibility index (Phi) is 0.539. The molecule has 0 N–H and O–H groups in total. The van der Waals surface area contributed by atoms with Gasteiger partial charge in [0.25, 0.3) is 0 Å². The van der Waals surface area contributed by atoms with E-state index in [1.165, 1.54) is 16.2 Å². The Hall–Kier alpha value is -1.37. The molecule has 10 heavy (non-hydrogen) atoms. The lowest BCUT2D eigenvalue weighted by molar-refractivity contribution is 1.50. The number of benzene rings is 1. The van der Waals surface area contributed by atoms with Crippen molar-refractivity contribution < 1.29 is 0 Å². The maximum absolute atomic E-state index is 4.24. The van der Waals surface area contributed by atoms with E-state index < -0.39 is 0 Å². The van der Waals surface area contributed by atoms with Gasteiger partial charge in [-0.25, -0.2) is 0 Å². The van der Waals surface area contributed by atoms with E-state index in [0.29, 0.717) is 0 Å². The standard InChI is InChI=1S/C9H5N/c1-2-7-5-8(7)9-6(1)3-4-10-9/h1-5H. The van der Waals surface area contributed by atoms with E-state index in [1.807, 2.05) is 12.3 Å². The van der Waals surface area contributed by atoms with Crippen molar-refractivity contribution in [3.05, 3.63) is 30.5 Å². The lowest BCUT2D eigenvalue weighted by Crippen LogP contribution is -1.59. The van der Waals surface area contributed by atoms with Gasteiger partial charge >= 0.3 is 0 Å². The van der Waals surface area contributed by atoms with Crippen molar-refractivity contribution in [2.24, 2.45) is 0 Å². The fraction of sp³-hybridized carbons (Fsp3) is 0. The third kappa shape index (κ3) is 0.376. The number of hydrogen-bond acceptors (Lipinski definition) is 1. The van der Waals surface area contributed by atoms with Gasteiger partial charge in [0.1, 0.15) is 0 Å². The average molecular weight is 127 g/mol. The summed E-state index contributed by atoms with van der Waals surface area (Å²) in [6.07, 6.45) is 1.86. The lowest BCUT2D eigenvalue weighted by Gasteiger charge is -1.80. The Morgan fingerprint density at radius 1 is 1.00 bits per heavy atom. The van der Waals surface area contributed by atoms with Crippen molar-refractivity contribution in [2.75, 3.05) is 0 Å². The molecule has 0 radical (unpaired) electrons. The maximum atomic E-state index is 4.24. The van der Waals surface area contributed by atoms with E-state index in [9.17, 15) is 0 Å². The molecule has 3 rings (SSSR count). The first-order valence-electron chi connectivity index (χ1n) is 3.34. The number of hydrogen-bond donors (Lipinski definition) is 0. The van der Waals surface area contributed by atoms with Crippen molar-refractivity contribution in [1.82, 2.24) is 4.98 Å². The molecule has 0 aliphatic heterocycles. The average Bonchev–Trinajstić information content (AvgIpc) is 2.60. The molecule has 0 bridgehead atoms. The Morgan fingerprint density at radius 2 is 1.90 bits per heavy atom. The molecular formula is C9H5N. The topological polar surface area (TPSA) is 12.9 Å². The Bertz CT molecular complexity index is 458. The van der Waals surface area contributed by atoms with Crippen LogP contribution in [0.2, 0.25) is 0 Å². The van der Waals surface area contributed by atoms with E-state index in [0.717, 1.165) is 5.52 Å². The smallest absolute Gasteiger partial charge is 0.0781 e. The van der Waals surface area contributed by atoms with Gasteiger partial charge in [-0.15, -0.1) is 0 Å². The summed E-state index contributed by atoms with van der Waals surface area (Å²) in [6, 6.07) is 8.46. The first-order chi connectivity index (χ1) is 4.95. The Labute approximate surface area is 58.0 Å². The molecule has 2 aromatic carbocycles. The Morgan fingerprint density at radius 3 is 2.90 bits per heavy atom. The van der Waals surface area contributed by atoms with Crippen LogP contribution in [-0.4, -0.2) is 4.98 Å². The van der Waals surface area contributed by atoms with E-state index in [4.69, 9.17) is 0 Å². The van der Waals surface area contributed by atoms with Crippen LogP contribution < -0.4 is 0 Å². The fourth-order valence-electron chi connectivity index (χ4n) is 1.35. The molecule has 3 aromatic rings. The predicted molar refractivity (Wildman–Crippen MR) is 41.6 cm³/mol. The first kappa shape index (κ1) is 4.45. The van der Waals surface area contributed by atoms with E-state index in [2.05, 4.69) is 23.2 Å². The number of fused-ring (bicyclic) bond motifs is 3. The highest BCUT2D eigenvalue weighted by Gasteiger charge is 2.06. The minimum Gasteiger partial charge on any atom is -0.256 e. The number of aromatic nitrogens is 1. The summed E-state index contributed by atoms with van der Waals surface area (Å²) < 4.78 is 0. The van der Waals surface area contributed by atoms with E-state index in [1.54, 1.807) is 0 Å². The van der Waals surface area contributed by atoms with Crippen LogP contribution in [0.5, 0.6) is 0 Å². The normalized spacial score (nSPS) is 12.0. The quantitative estimate of drug-likeness (QED) is 0.451. The van der Waals surface area contributed by atoms with Crippen molar-refractivity contribution in [2.45, 2.75) is 0 Å². The summed E-state index contributed by atoms with van der Waals surface area (Å²) in [6.45, 7) is 0. The van der Waals surface area contributed by atoms with Crippen molar-refractivity contribution >= 4 is 21.7 Å². The highest BCUT2D eigenvalue weighted by atomic mass is 14.7. The zero-order valence-corrected chi connectivity index (χ0v) is 5.33. The van der Waals surface area contributed by atoms with E-state index in [-0.39, 0.29) is 0 Å². The second-order valence-corrected chi connectivity index (χ2v) is 2.60. The van der Waals surface area contributed by atoms with Crippen molar-refractivity contribution in [1.29, 1.82) is 0 Å². The van der Waals surface area contributed by atoms with Crippen molar-refractivity contribution in [3.63, 3.8) is 0 Å². The summed E-state index contributed by atoms with van der Waals surface area (Å²) in [5.74, 6) is 0. The minimum atomic E-state index is 1.16. The molecule has 0 amide bonds. The van der Waals surface area contributed by atoms with Crippen LogP contribution in [0, 0.1) is 0 Å². The zero-order valence-electron chi connectivity index (χ0n) is 5.33. The lowest BCUT2D eigenvalue weighted by atomic mass is 10.3. The summed E-state index contributed by atoms with van der Waals surface area (Å²) in [7, 11) is 0. The van der Waals surface area contributed by atoms with Gasteiger partial charge in [-0.3, -0.25) is 4.98 Å². The maximum Gasteiger partial charge on any atom is 0.0781 e. The van der Waals surface area contributed by atoms with E-state index >= 15 is 0 Å². The number of rotatable bonds is 0. The van der Waals surface area contributed by atoms with Crippen LogP contribution >= 0.6 is 0 Å². The summed E-state index contributed by atoms with van der Waals surface area (Å²) in [5.41, 5.74) is 1.16. The second-order valence-electron chi connectivity index (χ2n) is 2.60.